The first kappa shape index (κ1) is 9.48. The van der Waals surface area contributed by atoms with Crippen LogP contribution in [0.2, 0.25) is 0 Å². The van der Waals surface area contributed by atoms with Crippen LogP contribution < -0.4 is 0 Å². The molecule has 9 heavy (non-hydrogen) atoms. The fourth-order valence-corrected chi connectivity index (χ4v) is 1.01. The van der Waals surface area contributed by atoms with Gasteiger partial charge in [0.2, 0.25) is 0 Å². The summed E-state index contributed by atoms with van der Waals surface area (Å²) in [5.74, 6) is 0. The molecule has 0 heterocycles. The van der Waals surface area contributed by atoms with Crippen molar-refractivity contribution in [1.82, 2.24) is 0 Å². The highest BCUT2D eigenvalue weighted by Gasteiger charge is 1.93. The standard InChI is InChI=1S/C8H16Br/c1-3-4-5-6-7-8(2)9/h7-8H,3-6H2,1-2H3. The van der Waals surface area contributed by atoms with Gasteiger partial charge in [-0.3, -0.25) is 0 Å². The van der Waals surface area contributed by atoms with Crippen LogP contribution >= 0.6 is 15.9 Å². The molecule has 55 valence electrons. The molecule has 0 rings (SSSR count). The second-order valence-electron chi connectivity index (χ2n) is 2.41. The van der Waals surface area contributed by atoms with Crippen molar-refractivity contribution in [3.05, 3.63) is 6.42 Å². The van der Waals surface area contributed by atoms with Crippen molar-refractivity contribution in [3.63, 3.8) is 0 Å². The molecule has 0 saturated heterocycles. The summed E-state index contributed by atoms with van der Waals surface area (Å²) in [7, 11) is 0. The van der Waals surface area contributed by atoms with Crippen molar-refractivity contribution in [2.45, 2.75) is 44.4 Å². The fraction of sp³-hybridized carbons (Fsp3) is 0.875. The Labute approximate surface area is 67.2 Å². The maximum absolute atomic E-state index is 3.47. The van der Waals surface area contributed by atoms with Gasteiger partial charge in [0.25, 0.3) is 0 Å². The Morgan fingerprint density at radius 1 is 1.44 bits per heavy atom. The lowest BCUT2D eigenvalue weighted by Crippen LogP contribution is -1.89. The molecule has 0 nitrogen and oxygen atoms in total. The van der Waals surface area contributed by atoms with E-state index in [2.05, 4.69) is 36.2 Å². The molecule has 0 aromatic carbocycles. The largest absolute Gasteiger partial charge is 0.0891 e. The normalized spacial score (nSPS) is 13.7. The highest BCUT2D eigenvalue weighted by Crippen LogP contribution is 2.09. The molecule has 0 spiro atoms. The SMILES string of the molecule is CCCCC[CH]C(C)Br. The van der Waals surface area contributed by atoms with Crippen molar-refractivity contribution in [2.24, 2.45) is 0 Å². The minimum atomic E-state index is 0.592. The molecular weight excluding hydrogens is 176 g/mol. The second kappa shape index (κ2) is 6.60. The molecule has 0 saturated carbocycles. The molecule has 1 heteroatoms. The van der Waals surface area contributed by atoms with E-state index in [0.29, 0.717) is 4.83 Å². The van der Waals surface area contributed by atoms with Gasteiger partial charge in [-0.25, -0.2) is 0 Å². The third-order valence-corrected chi connectivity index (χ3v) is 1.67. The van der Waals surface area contributed by atoms with Gasteiger partial charge < -0.3 is 0 Å². The maximum atomic E-state index is 3.47. The maximum Gasteiger partial charge on any atom is 0.0148 e. The van der Waals surface area contributed by atoms with Crippen molar-refractivity contribution >= 4 is 15.9 Å². The van der Waals surface area contributed by atoms with Crippen molar-refractivity contribution in [2.75, 3.05) is 0 Å². The molecule has 0 aliphatic rings. The number of alkyl halides is 1. The summed E-state index contributed by atoms with van der Waals surface area (Å²) in [6, 6.07) is 0. The highest BCUT2D eigenvalue weighted by molar-refractivity contribution is 9.09. The van der Waals surface area contributed by atoms with E-state index in [0.717, 1.165) is 0 Å². The van der Waals surface area contributed by atoms with E-state index in [9.17, 15) is 0 Å². The van der Waals surface area contributed by atoms with E-state index in [-0.39, 0.29) is 0 Å². The summed E-state index contributed by atoms with van der Waals surface area (Å²) in [4.78, 5) is 0.592. The second-order valence-corrected chi connectivity index (χ2v) is 3.85. The van der Waals surface area contributed by atoms with Crippen LogP contribution in [-0.2, 0) is 0 Å². The van der Waals surface area contributed by atoms with E-state index in [1.54, 1.807) is 0 Å². The van der Waals surface area contributed by atoms with Gasteiger partial charge in [-0.1, -0.05) is 49.0 Å². The third kappa shape index (κ3) is 8.48. The van der Waals surface area contributed by atoms with Crippen molar-refractivity contribution in [1.29, 1.82) is 0 Å². The van der Waals surface area contributed by atoms with Crippen LogP contribution in [-0.4, -0.2) is 4.83 Å². The molecule has 1 atom stereocenters. The third-order valence-electron chi connectivity index (χ3n) is 1.30. The molecular formula is C8H16Br. The van der Waals surface area contributed by atoms with Gasteiger partial charge in [0.1, 0.15) is 0 Å². The van der Waals surface area contributed by atoms with Gasteiger partial charge in [-0.2, -0.15) is 0 Å². The molecule has 0 bridgehead atoms. The monoisotopic (exact) mass is 191 g/mol. The number of unbranched alkanes of at least 4 members (excludes halogenated alkanes) is 3. The van der Waals surface area contributed by atoms with Crippen LogP contribution in [0.1, 0.15) is 39.5 Å². The first-order valence-electron chi connectivity index (χ1n) is 3.74. The van der Waals surface area contributed by atoms with Gasteiger partial charge in [0.05, 0.1) is 0 Å². The quantitative estimate of drug-likeness (QED) is 0.461. The number of hydrogen-bond acceptors (Lipinski definition) is 0. The zero-order chi connectivity index (χ0) is 7.11. The van der Waals surface area contributed by atoms with Crippen LogP contribution in [0.3, 0.4) is 0 Å². The molecule has 0 aromatic heterocycles. The van der Waals surface area contributed by atoms with Crippen molar-refractivity contribution < 1.29 is 0 Å². The summed E-state index contributed by atoms with van der Waals surface area (Å²) in [6.45, 7) is 4.39. The molecule has 0 amide bonds. The van der Waals surface area contributed by atoms with Gasteiger partial charge >= 0.3 is 0 Å². The Hall–Kier alpha value is 0.480. The molecule has 1 radical (unpaired) electrons. The summed E-state index contributed by atoms with van der Waals surface area (Å²) in [6.07, 6.45) is 7.63. The average molecular weight is 192 g/mol. The molecule has 0 aliphatic heterocycles. The first-order valence-corrected chi connectivity index (χ1v) is 4.66. The Kier molecular flexibility index (Phi) is 6.95. The number of halogens is 1. The van der Waals surface area contributed by atoms with Crippen LogP contribution in [0, 0.1) is 6.42 Å². The zero-order valence-electron chi connectivity index (χ0n) is 6.36. The molecule has 0 N–H and O–H groups in total. The smallest absolute Gasteiger partial charge is 0.0148 e. The predicted octanol–water partition coefficient (Wildman–Crippen LogP) is 3.55. The first-order chi connectivity index (χ1) is 4.27. The van der Waals surface area contributed by atoms with E-state index < -0.39 is 0 Å². The van der Waals surface area contributed by atoms with Gasteiger partial charge in [0.15, 0.2) is 0 Å². The molecule has 0 fully saturated rings. The summed E-state index contributed by atoms with van der Waals surface area (Å²) in [5.41, 5.74) is 0. The zero-order valence-corrected chi connectivity index (χ0v) is 7.95. The van der Waals surface area contributed by atoms with E-state index in [4.69, 9.17) is 0 Å². The van der Waals surface area contributed by atoms with E-state index in [1.807, 2.05) is 0 Å². The lowest BCUT2D eigenvalue weighted by molar-refractivity contribution is 0.702. The van der Waals surface area contributed by atoms with Crippen LogP contribution in [0.25, 0.3) is 0 Å². The Balaban J connectivity index is 2.75. The van der Waals surface area contributed by atoms with Gasteiger partial charge in [0, 0.05) is 4.83 Å². The van der Waals surface area contributed by atoms with Crippen LogP contribution in [0.4, 0.5) is 0 Å². The highest BCUT2D eigenvalue weighted by atomic mass is 79.9. The van der Waals surface area contributed by atoms with Crippen LogP contribution in [0.5, 0.6) is 0 Å². The van der Waals surface area contributed by atoms with E-state index in [1.165, 1.54) is 25.7 Å². The van der Waals surface area contributed by atoms with Gasteiger partial charge in [-0.05, 0) is 12.8 Å². The Bertz CT molecular complexity index is 50.5. The minimum absolute atomic E-state index is 0.592. The Morgan fingerprint density at radius 3 is 2.56 bits per heavy atom. The summed E-state index contributed by atoms with van der Waals surface area (Å²) < 4.78 is 0. The summed E-state index contributed by atoms with van der Waals surface area (Å²) >= 11 is 3.47. The van der Waals surface area contributed by atoms with Crippen LogP contribution in [0.15, 0.2) is 0 Å². The van der Waals surface area contributed by atoms with E-state index >= 15 is 0 Å². The lowest BCUT2D eigenvalue weighted by atomic mass is 10.1. The fourth-order valence-electron chi connectivity index (χ4n) is 0.742. The minimum Gasteiger partial charge on any atom is -0.0891 e. The molecule has 1 unspecified atom stereocenters. The topological polar surface area (TPSA) is 0 Å². The average Bonchev–Trinajstić information content (AvgIpc) is 1.80. The van der Waals surface area contributed by atoms with Gasteiger partial charge in [-0.15, -0.1) is 0 Å². The molecule has 0 aromatic rings. The molecule has 0 aliphatic carbocycles. The summed E-state index contributed by atoms with van der Waals surface area (Å²) in [5, 5.41) is 0. The number of rotatable bonds is 5. The lowest BCUT2D eigenvalue weighted by Gasteiger charge is -1.99. The van der Waals surface area contributed by atoms with Crippen molar-refractivity contribution in [3.8, 4) is 0 Å². The predicted molar refractivity (Wildman–Crippen MR) is 46.8 cm³/mol. The number of hydrogen-bond donors (Lipinski definition) is 0. The Morgan fingerprint density at radius 2 is 2.11 bits per heavy atom.